The van der Waals surface area contributed by atoms with Gasteiger partial charge < -0.3 is 10.3 Å². The van der Waals surface area contributed by atoms with E-state index in [0.29, 0.717) is 0 Å². The molecule has 3 N–H and O–H groups in total. The van der Waals surface area contributed by atoms with Crippen LogP contribution >= 0.6 is 0 Å². The molecule has 0 spiro atoms. The molecule has 2 aromatic rings. The maximum absolute atomic E-state index is 3.87. The van der Waals surface area contributed by atoms with Crippen LogP contribution < -0.4 is 5.32 Å². The summed E-state index contributed by atoms with van der Waals surface area (Å²) in [5, 5.41) is 9.95. The van der Waals surface area contributed by atoms with Crippen molar-refractivity contribution in [3.05, 3.63) is 42.0 Å². The van der Waals surface area contributed by atoms with Crippen LogP contribution in [-0.2, 0) is 13.1 Å². The van der Waals surface area contributed by atoms with Crippen LogP contribution in [-0.4, -0.2) is 15.2 Å². The molecule has 0 saturated heterocycles. The lowest BCUT2D eigenvalue weighted by Gasteiger charge is -1.99. The van der Waals surface area contributed by atoms with Gasteiger partial charge in [-0.25, -0.2) is 0 Å². The SMILES string of the molecule is c1cc(CNCc2cn[nH]c2)c[nH]1. The number of H-pyrrole nitrogens is 2. The third-order valence-corrected chi connectivity index (χ3v) is 1.88. The molecule has 68 valence electrons. The Hall–Kier alpha value is -1.55. The van der Waals surface area contributed by atoms with Crippen molar-refractivity contribution in [3.8, 4) is 0 Å². The normalized spacial score (nSPS) is 10.5. The fourth-order valence-electron chi connectivity index (χ4n) is 1.19. The van der Waals surface area contributed by atoms with E-state index in [1.807, 2.05) is 24.8 Å². The average molecular weight is 176 g/mol. The average Bonchev–Trinajstić information content (AvgIpc) is 2.75. The van der Waals surface area contributed by atoms with Gasteiger partial charge in [0.1, 0.15) is 0 Å². The van der Waals surface area contributed by atoms with Crippen molar-refractivity contribution in [2.45, 2.75) is 13.1 Å². The maximum atomic E-state index is 3.87. The Morgan fingerprint density at radius 2 is 2.15 bits per heavy atom. The maximum Gasteiger partial charge on any atom is 0.0532 e. The molecule has 2 aromatic heterocycles. The molecular formula is C9H12N4. The van der Waals surface area contributed by atoms with Crippen LogP contribution in [0.5, 0.6) is 0 Å². The Morgan fingerprint density at radius 1 is 1.23 bits per heavy atom. The number of aromatic nitrogens is 3. The summed E-state index contributed by atoms with van der Waals surface area (Å²) in [6.07, 6.45) is 7.63. The van der Waals surface area contributed by atoms with Gasteiger partial charge in [-0.2, -0.15) is 5.10 Å². The fraction of sp³-hybridized carbons (Fsp3) is 0.222. The highest BCUT2D eigenvalue weighted by Crippen LogP contribution is 1.97. The quantitative estimate of drug-likeness (QED) is 0.651. The summed E-state index contributed by atoms with van der Waals surface area (Å²) >= 11 is 0. The van der Waals surface area contributed by atoms with Crippen molar-refractivity contribution in [3.63, 3.8) is 0 Å². The number of nitrogens with one attached hydrogen (secondary N) is 3. The lowest BCUT2D eigenvalue weighted by Crippen LogP contribution is -2.11. The van der Waals surface area contributed by atoms with Gasteiger partial charge in [0.05, 0.1) is 6.20 Å². The number of hydrogen-bond donors (Lipinski definition) is 3. The number of hydrogen-bond acceptors (Lipinski definition) is 2. The minimum Gasteiger partial charge on any atom is -0.367 e. The van der Waals surface area contributed by atoms with Gasteiger partial charge >= 0.3 is 0 Å². The molecule has 0 aliphatic carbocycles. The topological polar surface area (TPSA) is 56.5 Å². The Bertz CT molecular complexity index is 288. The van der Waals surface area contributed by atoms with Crippen LogP contribution in [0.3, 0.4) is 0 Å². The standard InChI is InChI=1S/C9H12N4/c1-2-10-3-8(1)4-11-5-9-6-12-13-7-9/h1-3,6-7,10-11H,4-5H2,(H,12,13). The molecule has 0 aliphatic rings. The summed E-state index contributed by atoms with van der Waals surface area (Å²) in [5.74, 6) is 0. The van der Waals surface area contributed by atoms with Gasteiger partial charge in [-0.05, 0) is 11.6 Å². The van der Waals surface area contributed by atoms with Crippen LogP contribution in [0.15, 0.2) is 30.9 Å². The van der Waals surface area contributed by atoms with Gasteiger partial charge in [0.25, 0.3) is 0 Å². The van der Waals surface area contributed by atoms with Gasteiger partial charge in [-0.3, -0.25) is 5.10 Å². The minimum absolute atomic E-state index is 0.849. The molecule has 0 aliphatic heterocycles. The zero-order valence-corrected chi connectivity index (χ0v) is 7.25. The van der Waals surface area contributed by atoms with Crippen molar-refractivity contribution in [2.24, 2.45) is 0 Å². The van der Waals surface area contributed by atoms with Crippen LogP contribution in [0.1, 0.15) is 11.1 Å². The molecule has 0 saturated carbocycles. The Morgan fingerprint density at radius 3 is 2.85 bits per heavy atom. The van der Waals surface area contributed by atoms with Crippen molar-refractivity contribution in [2.75, 3.05) is 0 Å². The first kappa shape index (κ1) is 8.07. The van der Waals surface area contributed by atoms with Crippen LogP contribution in [0.2, 0.25) is 0 Å². The van der Waals surface area contributed by atoms with Crippen molar-refractivity contribution in [1.29, 1.82) is 0 Å². The van der Waals surface area contributed by atoms with Gasteiger partial charge in [-0.15, -0.1) is 0 Å². The zero-order chi connectivity index (χ0) is 8.93. The van der Waals surface area contributed by atoms with Crippen molar-refractivity contribution >= 4 is 0 Å². The molecule has 0 aromatic carbocycles. The van der Waals surface area contributed by atoms with E-state index < -0.39 is 0 Å². The number of nitrogens with zero attached hydrogens (tertiary/aromatic N) is 1. The highest BCUT2D eigenvalue weighted by molar-refractivity contribution is 5.08. The van der Waals surface area contributed by atoms with Gasteiger partial charge in [0.15, 0.2) is 0 Å². The summed E-state index contributed by atoms with van der Waals surface area (Å²) in [4.78, 5) is 3.01. The summed E-state index contributed by atoms with van der Waals surface area (Å²) in [7, 11) is 0. The molecule has 13 heavy (non-hydrogen) atoms. The van der Waals surface area contributed by atoms with Crippen LogP contribution in [0.4, 0.5) is 0 Å². The second-order valence-electron chi connectivity index (χ2n) is 2.93. The smallest absolute Gasteiger partial charge is 0.0532 e. The summed E-state index contributed by atoms with van der Waals surface area (Å²) in [6, 6.07) is 2.06. The molecule has 0 amide bonds. The zero-order valence-electron chi connectivity index (χ0n) is 7.25. The van der Waals surface area contributed by atoms with E-state index in [1.54, 1.807) is 0 Å². The van der Waals surface area contributed by atoms with Crippen LogP contribution in [0, 0.1) is 0 Å². The molecule has 0 unspecified atom stereocenters. The van der Waals surface area contributed by atoms with E-state index >= 15 is 0 Å². The molecular weight excluding hydrogens is 164 g/mol. The molecule has 2 rings (SSSR count). The van der Waals surface area contributed by atoms with Crippen molar-refractivity contribution < 1.29 is 0 Å². The Labute approximate surface area is 76.4 Å². The first-order valence-corrected chi connectivity index (χ1v) is 4.25. The predicted molar refractivity (Wildman–Crippen MR) is 49.9 cm³/mol. The van der Waals surface area contributed by atoms with Crippen LogP contribution in [0.25, 0.3) is 0 Å². The molecule has 2 heterocycles. The predicted octanol–water partition coefficient (Wildman–Crippen LogP) is 1.03. The van der Waals surface area contributed by atoms with E-state index in [0.717, 1.165) is 13.1 Å². The Balaban J connectivity index is 1.76. The van der Waals surface area contributed by atoms with Gasteiger partial charge in [0, 0.05) is 37.2 Å². The highest BCUT2D eigenvalue weighted by Gasteiger charge is 1.94. The summed E-state index contributed by atoms with van der Waals surface area (Å²) < 4.78 is 0. The lowest BCUT2D eigenvalue weighted by molar-refractivity contribution is 0.694. The first-order valence-electron chi connectivity index (χ1n) is 4.25. The molecule has 4 nitrogen and oxygen atoms in total. The van der Waals surface area contributed by atoms with E-state index in [1.165, 1.54) is 11.1 Å². The second kappa shape index (κ2) is 3.91. The fourth-order valence-corrected chi connectivity index (χ4v) is 1.19. The third kappa shape index (κ3) is 2.19. The van der Waals surface area contributed by atoms with E-state index in [2.05, 4.69) is 26.6 Å². The molecule has 0 fully saturated rings. The van der Waals surface area contributed by atoms with Gasteiger partial charge in [-0.1, -0.05) is 0 Å². The lowest BCUT2D eigenvalue weighted by atomic mass is 10.3. The molecule has 0 radical (unpaired) electrons. The van der Waals surface area contributed by atoms with Gasteiger partial charge in [0.2, 0.25) is 0 Å². The van der Waals surface area contributed by atoms with E-state index in [4.69, 9.17) is 0 Å². The third-order valence-electron chi connectivity index (χ3n) is 1.88. The van der Waals surface area contributed by atoms with E-state index in [-0.39, 0.29) is 0 Å². The second-order valence-corrected chi connectivity index (χ2v) is 2.93. The first-order chi connectivity index (χ1) is 6.45. The monoisotopic (exact) mass is 176 g/mol. The highest BCUT2D eigenvalue weighted by atomic mass is 15.1. The number of rotatable bonds is 4. The van der Waals surface area contributed by atoms with Crippen molar-refractivity contribution in [1.82, 2.24) is 20.5 Å². The van der Waals surface area contributed by atoms with E-state index in [9.17, 15) is 0 Å². The largest absolute Gasteiger partial charge is 0.367 e. The Kier molecular flexibility index (Phi) is 2.43. The molecule has 0 bridgehead atoms. The minimum atomic E-state index is 0.849. The molecule has 0 atom stereocenters. The summed E-state index contributed by atoms with van der Waals surface area (Å²) in [6.45, 7) is 1.73. The molecule has 4 heteroatoms. The summed E-state index contributed by atoms with van der Waals surface area (Å²) in [5.41, 5.74) is 2.44. The number of aromatic amines is 2.